The van der Waals surface area contributed by atoms with Crippen molar-refractivity contribution in [1.29, 1.82) is 0 Å². The number of benzene rings is 1. The minimum Gasteiger partial charge on any atom is -0.273 e. The van der Waals surface area contributed by atoms with E-state index in [9.17, 15) is 9.59 Å². The molecule has 128 valence electrons. The van der Waals surface area contributed by atoms with Crippen molar-refractivity contribution in [3.8, 4) is 16.3 Å². The van der Waals surface area contributed by atoms with Crippen molar-refractivity contribution in [2.45, 2.75) is 13.8 Å². The molecule has 0 aliphatic carbocycles. The Bertz CT molecular complexity index is 870. The third-order valence-corrected chi connectivity index (χ3v) is 4.43. The molecule has 0 saturated heterocycles. The largest absolute Gasteiger partial charge is 0.273 e. The fraction of sp³-hybridized carbons (Fsp3) is 0.167. The number of nitrogens with zero attached hydrogens (tertiary/aromatic N) is 2. The molecule has 6 nitrogen and oxygen atoms in total. The van der Waals surface area contributed by atoms with Gasteiger partial charge in [0.05, 0.1) is 16.1 Å². The summed E-state index contributed by atoms with van der Waals surface area (Å²) >= 11 is 1.50. The van der Waals surface area contributed by atoms with Gasteiger partial charge in [-0.3, -0.25) is 20.4 Å². The maximum absolute atomic E-state index is 12.6. The summed E-state index contributed by atoms with van der Waals surface area (Å²) in [5.74, 6) is -0.870. The summed E-state index contributed by atoms with van der Waals surface area (Å²) in [6.45, 7) is 3.51. The second-order valence-corrected chi connectivity index (χ2v) is 6.69. The topological polar surface area (TPSA) is 76.0 Å². The first kappa shape index (κ1) is 16.9. The second kappa shape index (κ2) is 7.31. The summed E-state index contributed by atoms with van der Waals surface area (Å²) < 4.78 is 1.66. The Balaban J connectivity index is 1.93. The van der Waals surface area contributed by atoms with Gasteiger partial charge in [-0.2, -0.15) is 5.10 Å². The van der Waals surface area contributed by atoms with Crippen LogP contribution in [-0.2, 0) is 4.79 Å². The predicted octanol–water partition coefficient (Wildman–Crippen LogP) is 3.02. The van der Waals surface area contributed by atoms with Crippen molar-refractivity contribution >= 4 is 23.2 Å². The zero-order chi connectivity index (χ0) is 17.8. The molecule has 0 fully saturated rings. The maximum Gasteiger partial charge on any atom is 0.273 e. The first-order chi connectivity index (χ1) is 12.1. The molecule has 7 heteroatoms. The number of thiophene rings is 1. The van der Waals surface area contributed by atoms with Crippen molar-refractivity contribution in [2.75, 3.05) is 0 Å². The molecule has 0 aliphatic rings. The molecule has 1 aromatic carbocycles. The summed E-state index contributed by atoms with van der Waals surface area (Å²) in [6.07, 6.45) is 1.67. The van der Waals surface area contributed by atoms with Gasteiger partial charge in [0.15, 0.2) is 0 Å². The summed E-state index contributed by atoms with van der Waals surface area (Å²) in [6, 6.07) is 13.4. The van der Waals surface area contributed by atoms with Crippen LogP contribution in [0.4, 0.5) is 0 Å². The lowest BCUT2D eigenvalue weighted by Gasteiger charge is -2.08. The Morgan fingerprint density at radius 2 is 1.84 bits per heavy atom. The van der Waals surface area contributed by atoms with E-state index in [1.807, 2.05) is 47.8 Å². The third-order valence-electron chi connectivity index (χ3n) is 3.56. The number of nitrogens with one attached hydrogen (secondary N) is 2. The molecule has 2 aromatic heterocycles. The summed E-state index contributed by atoms with van der Waals surface area (Å²) in [4.78, 5) is 25.1. The highest BCUT2D eigenvalue weighted by Gasteiger charge is 2.20. The van der Waals surface area contributed by atoms with Crippen molar-refractivity contribution in [2.24, 2.45) is 5.92 Å². The van der Waals surface area contributed by atoms with Crippen LogP contribution in [0, 0.1) is 5.92 Å². The molecule has 3 aromatic rings. The molecule has 0 aliphatic heterocycles. The second-order valence-electron chi connectivity index (χ2n) is 5.75. The molecule has 0 atom stereocenters. The van der Waals surface area contributed by atoms with Crippen molar-refractivity contribution in [1.82, 2.24) is 20.6 Å². The summed E-state index contributed by atoms with van der Waals surface area (Å²) in [5, 5.41) is 6.49. The number of hydrogen-bond acceptors (Lipinski definition) is 4. The van der Waals surface area contributed by atoms with Crippen LogP contribution in [0.5, 0.6) is 0 Å². The molecule has 0 unspecified atom stereocenters. The van der Waals surface area contributed by atoms with Crippen LogP contribution >= 0.6 is 11.3 Å². The number of para-hydroxylation sites is 1. The number of hydrazine groups is 1. The molecule has 3 rings (SSSR count). The van der Waals surface area contributed by atoms with Crippen LogP contribution in [0.2, 0.25) is 0 Å². The highest BCUT2D eigenvalue weighted by atomic mass is 32.1. The molecular formula is C18H18N4O2S. The number of amides is 2. The van der Waals surface area contributed by atoms with Gasteiger partial charge in [0.25, 0.3) is 5.91 Å². The van der Waals surface area contributed by atoms with Gasteiger partial charge in [0.1, 0.15) is 5.69 Å². The Morgan fingerprint density at radius 3 is 2.48 bits per heavy atom. The molecule has 2 heterocycles. The van der Waals surface area contributed by atoms with Crippen LogP contribution in [0.15, 0.2) is 54.0 Å². The van der Waals surface area contributed by atoms with E-state index >= 15 is 0 Å². The lowest BCUT2D eigenvalue weighted by molar-refractivity contribution is -0.124. The van der Waals surface area contributed by atoms with E-state index in [0.717, 1.165) is 10.6 Å². The first-order valence-corrected chi connectivity index (χ1v) is 8.73. The monoisotopic (exact) mass is 354 g/mol. The quantitative estimate of drug-likeness (QED) is 0.707. The molecule has 0 saturated carbocycles. The fourth-order valence-corrected chi connectivity index (χ4v) is 2.90. The first-order valence-electron chi connectivity index (χ1n) is 7.85. The average Bonchev–Trinajstić information content (AvgIpc) is 3.29. The molecule has 0 bridgehead atoms. The molecule has 25 heavy (non-hydrogen) atoms. The summed E-state index contributed by atoms with van der Waals surface area (Å²) in [7, 11) is 0. The van der Waals surface area contributed by atoms with E-state index in [-0.39, 0.29) is 11.8 Å². The van der Waals surface area contributed by atoms with Crippen LogP contribution in [0.1, 0.15) is 24.2 Å². The Morgan fingerprint density at radius 1 is 1.08 bits per heavy atom. The van der Waals surface area contributed by atoms with E-state index in [1.54, 1.807) is 24.7 Å². The van der Waals surface area contributed by atoms with Crippen molar-refractivity contribution in [3.63, 3.8) is 0 Å². The van der Waals surface area contributed by atoms with E-state index in [1.165, 1.54) is 11.3 Å². The average molecular weight is 354 g/mol. The number of aromatic nitrogens is 2. The van der Waals surface area contributed by atoms with E-state index in [4.69, 9.17) is 0 Å². The Kier molecular flexibility index (Phi) is 4.95. The van der Waals surface area contributed by atoms with E-state index < -0.39 is 5.91 Å². The molecule has 0 radical (unpaired) electrons. The fourth-order valence-electron chi connectivity index (χ4n) is 2.18. The SMILES string of the molecule is CC(C)C(=O)NNC(=O)c1cn(-c2ccccc2)nc1-c1cccs1. The lowest BCUT2D eigenvalue weighted by atomic mass is 10.2. The summed E-state index contributed by atoms with van der Waals surface area (Å²) in [5.41, 5.74) is 6.72. The molecular weight excluding hydrogens is 336 g/mol. The van der Waals surface area contributed by atoms with Gasteiger partial charge >= 0.3 is 0 Å². The predicted molar refractivity (Wildman–Crippen MR) is 97.3 cm³/mol. The molecule has 2 amide bonds. The number of rotatable bonds is 4. The molecule has 0 spiro atoms. The maximum atomic E-state index is 12.6. The number of hydrogen-bond donors (Lipinski definition) is 2. The van der Waals surface area contributed by atoms with Gasteiger partial charge in [-0.1, -0.05) is 38.1 Å². The van der Waals surface area contributed by atoms with Crippen LogP contribution < -0.4 is 10.9 Å². The minimum absolute atomic E-state index is 0.218. The van der Waals surface area contributed by atoms with E-state index in [2.05, 4.69) is 16.0 Å². The Labute approximate surface area is 149 Å². The van der Waals surface area contributed by atoms with Gasteiger partial charge < -0.3 is 0 Å². The van der Waals surface area contributed by atoms with Crippen molar-refractivity contribution < 1.29 is 9.59 Å². The standard InChI is InChI=1S/C18H18N4O2S/c1-12(2)17(23)19-20-18(24)14-11-22(13-7-4-3-5-8-13)21-16(14)15-9-6-10-25-15/h3-12H,1-2H3,(H,19,23)(H,20,24). The normalized spacial score (nSPS) is 10.7. The third kappa shape index (κ3) is 3.77. The Hall–Kier alpha value is -2.93. The van der Waals surface area contributed by atoms with Gasteiger partial charge in [0, 0.05) is 12.1 Å². The van der Waals surface area contributed by atoms with Gasteiger partial charge in [-0.15, -0.1) is 11.3 Å². The van der Waals surface area contributed by atoms with Crippen LogP contribution in [0.25, 0.3) is 16.3 Å². The zero-order valence-electron chi connectivity index (χ0n) is 13.9. The number of carbonyl (C=O) groups excluding carboxylic acids is 2. The zero-order valence-corrected chi connectivity index (χ0v) is 14.7. The lowest BCUT2D eigenvalue weighted by Crippen LogP contribution is -2.43. The van der Waals surface area contributed by atoms with Gasteiger partial charge in [-0.25, -0.2) is 4.68 Å². The highest BCUT2D eigenvalue weighted by Crippen LogP contribution is 2.27. The van der Waals surface area contributed by atoms with E-state index in [0.29, 0.717) is 11.3 Å². The number of carbonyl (C=O) groups is 2. The van der Waals surface area contributed by atoms with Crippen LogP contribution in [0.3, 0.4) is 0 Å². The molecule has 2 N–H and O–H groups in total. The van der Waals surface area contributed by atoms with Crippen LogP contribution in [-0.4, -0.2) is 21.6 Å². The van der Waals surface area contributed by atoms with Gasteiger partial charge in [-0.05, 0) is 23.6 Å². The smallest absolute Gasteiger partial charge is 0.273 e. The van der Waals surface area contributed by atoms with Gasteiger partial charge in [0.2, 0.25) is 5.91 Å². The highest BCUT2D eigenvalue weighted by molar-refractivity contribution is 7.13. The van der Waals surface area contributed by atoms with Crippen molar-refractivity contribution in [3.05, 3.63) is 59.6 Å². The minimum atomic E-state index is -0.403.